The zero-order valence-corrected chi connectivity index (χ0v) is 12.1. The molecule has 2 unspecified atom stereocenters. The van der Waals surface area contributed by atoms with Crippen LogP contribution >= 0.6 is 0 Å². The third kappa shape index (κ3) is 5.09. The van der Waals surface area contributed by atoms with Gasteiger partial charge in [0, 0.05) is 6.04 Å². The van der Waals surface area contributed by atoms with Crippen molar-refractivity contribution in [2.24, 2.45) is 17.6 Å². The molecular formula is C16H27NO. The first kappa shape index (κ1) is 15.0. The summed E-state index contributed by atoms with van der Waals surface area (Å²) >= 11 is 0. The Morgan fingerprint density at radius 2 is 1.72 bits per heavy atom. The molecule has 0 aliphatic heterocycles. The molecule has 0 saturated heterocycles. The van der Waals surface area contributed by atoms with Gasteiger partial charge in [-0.2, -0.15) is 0 Å². The molecule has 18 heavy (non-hydrogen) atoms. The van der Waals surface area contributed by atoms with Gasteiger partial charge in [-0.15, -0.1) is 0 Å². The highest BCUT2D eigenvalue weighted by Gasteiger charge is 2.07. The highest BCUT2D eigenvalue weighted by atomic mass is 16.5. The molecule has 0 bridgehead atoms. The molecule has 1 rings (SSSR count). The first-order chi connectivity index (χ1) is 8.52. The van der Waals surface area contributed by atoms with Gasteiger partial charge in [-0.3, -0.25) is 0 Å². The topological polar surface area (TPSA) is 35.2 Å². The van der Waals surface area contributed by atoms with E-state index in [1.807, 2.05) is 12.1 Å². The van der Waals surface area contributed by atoms with Crippen LogP contribution in [0.4, 0.5) is 0 Å². The van der Waals surface area contributed by atoms with Crippen LogP contribution in [-0.4, -0.2) is 6.61 Å². The summed E-state index contributed by atoms with van der Waals surface area (Å²) in [5, 5.41) is 0. The molecule has 0 aliphatic carbocycles. The van der Waals surface area contributed by atoms with E-state index in [0.717, 1.165) is 24.7 Å². The molecule has 0 saturated carbocycles. The van der Waals surface area contributed by atoms with Crippen LogP contribution in [0.2, 0.25) is 0 Å². The van der Waals surface area contributed by atoms with E-state index in [1.165, 1.54) is 12.0 Å². The van der Waals surface area contributed by atoms with Crippen LogP contribution in [0.15, 0.2) is 24.3 Å². The Labute approximate surface area is 112 Å². The Morgan fingerprint density at radius 3 is 2.22 bits per heavy atom. The molecule has 1 aromatic rings. The summed E-state index contributed by atoms with van der Waals surface area (Å²) in [6.07, 6.45) is 2.17. The molecule has 2 atom stereocenters. The minimum Gasteiger partial charge on any atom is -0.493 e. The largest absolute Gasteiger partial charge is 0.493 e. The van der Waals surface area contributed by atoms with Crippen molar-refractivity contribution >= 4 is 0 Å². The van der Waals surface area contributed by atoms with Gasteiger partial charge in [0.25, 0.3) is 0 Å². The van der Waals surface area contributed by atoms with Gasteiger partial charge in [-0.05, 0) is 42.4 Å². The zero-order valence-electron chi connectivity index (χ0n) is 12.1. The fraction of sp³-hybridized carbons (Fsp3) is 0.625. The van der Waals surface area contributed by atoms with Gasteiger partial charge in [0.2, 0.25) is 0 Å². The van der Waals surface area contributed by atoms with Gasteiger partial charge in [0.05, 0.1) is 6.61 Å². The maximum Gasteiger partial charge on any atom is 0.119 e. The second kappa shape index (κ2) is 7.42. The van der Waals surface area contributed by atoms with Crippen molar-refractivity contribution in [1.29, 1.82) is 0 Å². The number of hydrogen-bond donors (Lipinski definition) is 1. The van der Waals surface area contributed by atoms with Crippen LogP contribution in [0.5, 0.6) is 5.75 Å². The summed E-state index contributed by atoms with van der Waals surface area (Å²) in [6, 6.07) is 8.31. The lowest BCUT2D eigenvalue weighted by atomic mass is 10.00. The van der Waals surface area contributed by atoms with E-state index >= 15 is 0 Å². The minimum absolute atomic E-state index is 0.138. The van der Waals surface area contributed by atoms with Gasteiger partial charge in [0.15, 0.2) is 0 Å². The van der Waals surface area contributed by atoms with Crippen LogP contribution in [0.3, 0.4) is 0 Å². The molecule has 2 nitrogen and oxygen atoms in total. The van der Waals surface area contributed by atoms with Gasteiger partial charge in [-0.25, -0.2) is 0 Å². The van der Waals surface area contributed by atoms with Crippen LogP contribution in [0.25, 0.3) is 0 Å². The zero-order chi connectivity index (χ0) is 13.5. The standard InChI is InChI=1S/C16H27NO/c1-5-16(17)14-6-8-15(9-7-14)18-11-13(4)10-12(2)3/h6-9,12-13,16H,5,10-11,17H2,1-4H3. The number of nitrogens with two attached hydrogens (primary N) is 1. The Kier molecular flexibility index (Phi) is 6.20. The van der Waals surface area contributed by atoms with E-state index in [-0.39, 0.29) is 6.04 Å². The molecular weight excluding hydrogens is 222 g/mol. The molecule has 0 radical (unpaired) electrons. The van der Waals surface area contributed by atoms with Crippen molar-refractivity contribution < 1.29 is 4.74 Å². The van der Waals surface area contributed by atoms with E-state index in [0.29, 0.717) is 5.92 Å². The predicted molar refractivity (Wildman–Crippen MR) is 77.8 cm³/mol. The van der Waals surface area contributed by atoms with Crippen molar-refractivity contribution in [2.75, 3.05) is 6.61 Å². The Morgan fingerprint density at radius 1 is 1.11 bits per heavy atom. The first-order valence-corrected chi connectivity index (χ1v) is 7.01. The average Bonchev–Trinajstić information content (AvgIpc) is 2.35. The van der Waals surface area contributed by atoms with E-state index in [2.05, 4.69) is 39.8 Å². The molecule has 0 heterocycles. The van der Waals surface area contributed by atoms with Gasteiger partial charge < -0.3 is 10.5 Å². The summed E-state index contributed by atoms with van der Waals surface area (Å²) in [4.78, 5) is 0. The summed E-state index contributed by atoms with van der Waals surface area (Å²) in [5.41, 5.74) is 7.16. The Balaban J connectivity index is 2.44. The summed E-state index contributed by atoms with van der Waals surface area (Å²) in [6.45, 7) is 9.62. The number of benzene rings is 1. The number of ether oxygens (including phenoxy) is 1. The Hall–Kier alpha value is -1.02. The van der Waals surface area contributed by atoms with E-state index in [4.69, 9.17) is 10.5 Å². The van der Waals surface area contributed by atoms with Crippen molar-refractivity contribution in [3.8, 4) is 5.75 Å². The fourth-order valence-corrected chi connectivity index (χ4v) is 2.16. The molecule has 0 amide bonds. The molecule has 0 aliphatic rings. The van der Waals surface area contributed by atoms with Gasteiger partial charge in [0.1, 0.15) is 5.75 Å². The third-order valence-electron chi connectivity index (χ3n) is 3.16. The maximum atomic E-state index is 5.98. The predicted octanol–water partition coefficient (Wildman–Crippen LogP) is 4.16. The SMILES string of the molecule is CCC(N)c1ccc(OCC(C)CC(C)C)cc1. The molecule has 2 heteroatoms. The van der Waals surface area contributed by atoms with Gasteiger partial charge in [-0.1, -0.05) is 39.8 Å². The average molecular weight is 249 g/mol. The molecule has 0 fully saturated rings. The highest BCUT2D eigenvalue weighted by molar-refractivity contribution is 5.28. The second-order valence-electron chi connectivity index (χ2n) is 5.63. The lowest BCUT2D eigenvalue weighted by Crippen LogP contribution is -2.11. The highest BCUT2D eigenvalue weighted by Crippen LogP contribution is 2.19. The molecule has 2 N–H and O–H groups in total. The summed E-state index contributed by atoms with van der Waals surface area (Å²) in [7, 11) is 0. The van der Waals surface area contributed by atoms with E-state index in [9.17, 15) is 0 Å². The van der Waals surface area contributed by atoms with Crippen molar-refractivity contribution in [3.63, 3.8) is 0 Å². The fourth-order valence-electron chi connectivity index (χ4n) is 2.16. The molecule has 0 aromatic heterocycles. The smallest absolute Gasteiger partial charge is 0.119 e. The third-order valence-corrected chi connectivity index (χ3v) is 3.16. The molecule has 1 aromatic carbocycles. The van der Waals surface area contributed by atoms with E-state index < -0.39 is 0 Å². The molecule has 0 spiro atoms. The molecule has 102 valence electrons. The van der Waals surface area contributed by atoms with Crippen LogP contribution < -0.4 is 10.5 Å². The van der Waals surface area contributed by atoms with Crippen molar-refractivity contribution in [2.45, 2.75) is 46.6 Å². The summed E-state index contributed by atoms with van der Waals surface area (Å²) < 4.78 is 5.80. The van der Waals surface area contributed by atoms with Crippen LogP contribution in [0, 0.1) is 11.8 Å². The van der Waals surface area contributed by atoms with Crippen LogP contribution in [-0.2, 0) is 0 Å². The Bertz CT molecular complexity index is 331. The van der Waals surface area contributed by atoms with Crippen molar-refractivity contribution in [3.05, 3.63) is 29.8 Å². The van der Waals surface area contributed by atoms with Crippen molar-refractivity contribution in [1.82, 2.24) is 0 Å². The van der Waals surface area contributed by atoms with E-state index in [1.54, 1.807) is 0 Å². The lowest BCUT2D eigenvalue weighted by molar-refractivity contribution is 0.239. The number of hydrogen-bond acceptors (Lipinski definition) is 2. The quantitative estimate of drug-likeness (QED) is 0.787. The maximum absolute atomic E-state index is 5.98. The minimum atomic E-state index is 0.138. The first-order valence-electron chi connectivity index (χ1n) is 7.01. The lowest BCUT2D eigenvalue weighted by Gasteiger charge is -2.15. The monoisotopic (exact) mass is 249 g/mol. The van der Waals surface area contributed by atoms with Crippen LogP contribution in [0.1, 0.15) is 52.1 Å². The number of rotatable bonds is 7. The van der Waals surface area contributed by atoms with Gasteiger partial charge >= 0.3 is 0 Å². The normalized spacial score (nSPS) is 14.6. The second-order valence-corrected chi connectivity index (χ2v) is 5.63. The summed E-state index contributed by atoms with van der Waals surface area (Å²) in [5.74, 6) is 2.27.